The van der Waals surface area contributed by atoms with Crippen LogP contribution in [0.5, 0.6) is 0 Å². The molecule has 1 atom stereocenters. The van der Waals surface area contributed by atoms with Gasteiger partial charge in [-0.3, -0.25) is 14.6 Å². The molecule has 0 aliphatic heterocycles. The van der Waals surface area contributed by atoms with Gasteiger partial charge >= 0.3 is 0 Å². The Morgan fingerprint density at radius 2 is 1.65 bits per heavy atom. The fourth-order valence-electron chi connectivity index (χ4n) is 8.23. The van der Waals surface area contributed by atoms with Crippen LogP contribution in [-0.2, 0) is 23.2 Å². The van der Waals surface area contributed by atoms with Crippen LogP contribution in [0.1, 0.15) is 65.6 Å². The van der Waals surface area contributed by atoms with Crippen LogP contribution in [0.2, 0.25) is 0 Å². The second-order valence-corrected chi connectivity index (χ2v) is 12.4. The number of aromatic amines is 1. The largest absolute Gasteiger partial charge is 0.361 e. The van der Waals surface area contributed by atoms with Crippen molar-refractivity contribution in [2.24, 2.45) is 17.8 Å². The van der Waals surface area contributed by atoms with Crippen LogP contribution in [0.3, 0.4) is 0 Å². The molecule has 4 aliphatic rings. The summed E-state index contributed by atoms with van der Waals surface area (Å²) in [6.07, 6.45) is 13.9. The van der Waals surface area contributed by atoms with Crippen molar-refractivity contribution in [2.75, 3.05) is 0 Å². The number of pyridine rings is 1. The lowest BCUT2D eigenvalue weighted by atomic mass is 9.48. The van der Waals surface area contributed by atoms with E-state index in [4.69, 9.17) is 0 Å². The van der Waals surface area contributed by atoms with E-state index < -0.39 is 6.04 Å². The van der Waals surface area contributed by atoms with Crippen LogP contribution in [0, 0.1) is 17.8 Å². The molecule has 4 aromatic rings. The zero-order valence-corrected chi connectivity index (χ0v) is 22.7. The fraction of sp³-hybridized carbons (Fsp3) is 0.382. The van der Waals surface area contributed by atoms with Gasteiger partial charge < -0.3 is 15.6 Å². The van der Waals surface area contributed by atoms with Crippen molar-refractivity contribution in [1.29, 1.82) is 0 Å². The molecule has 0 unspecified atom stereocenters. The number of carbonyl (C=O) groups is 2. The van der Waals surface area contributed by atoms with Crippen LogP contribution in [0.25, 0.3) is 10.9 Å². The van der Waals surface area contributed by atoms with Gasteiger partial charge in [0.1, 0.15) is 6.04 Å². The van der Waals surface area contributed by atoms with Gasteiger partial charge in [0.15, 0.2) is 0 Å². The van der Waals surface area contributed by atoms with Crippen molar-refractivity contribution in [1.82, 2.24) is 20.6 Å². The Labute approximate surface area is 235 Å². The summed E-state index contributed by atoms with van der Waals surface area (Å²) in [5.41, 5.74) is 5.21. The predicted octanol–water partition coefficient (Wildman–Crippen LogP) is 5.69. The summed E-state index contributed by atoms with van der Waals surface area (Å²) < 4.78 is 0. The van der Waals surface area contributed by atoms with Gasteiger partial charge in [-0.2, -0.15) is 0 Å². The molecule has 0 saturated heterocycles. The van der Waals surface area contributed by atoms with E-state index in [0.29, 0.717) is 23.9 Å². The van der Waals surface area contributed by atoms with Crippen LogP contribution < -0.4 is 10.6 Å². The number of hydrogen-bond acceptors (Lipinski definition) is 3. The van der Waals surface area contributed by atoms with Crippen molar-refractivity contribution in [2.45, 2.75) is 62.9 Å². The van der Waals surface area contributed by atoms with E-state index in [2.05, 4.69) is 32.7 Å². The molecule has 6 nitrogen and oxygen atoms in total. The summed E-state index contributed by atoms with van der Waals surface area (Å²) in [5.74, 6) is 2.20. The number of nitrogens with one attached hydrogen (secondary N) is 3. The number of amides is 2. The molecule has 40 heavy (non-hydrogen) atoms. The van der Waals surface area contributed by atoms with Gasteiger partial charge in [0, 0.05) is 48.0 Å². The van der Waals surface area contributed by atoms with Gasteiger partial charge in [0.2, 0.25) is 5.91 Å². The minimum absolute atomic E-state index is 0.215. The monoisotopic (exact) mass is 532 g/mol. The van der Waals surface area contributed by atoms with Crippen molar-refractivity contribution in [3.8, 4) is 0 Å². The highest BCUT2D eigenvalue weighted by Gasteiger charge is 2.51. The second-order valence-electron chi connectivity index (χ2n) is 12.4. The molecule has 4 fully saturated rings. The van der Waals surface area contributed by atoms with Crippen LogP contribution in [0.15, 0.2) is 79.3 Å². The summed E-state index contributed by atoms with van der Waals surface area (Å²) in [5, 5.41) is 7.10. The maximum Gasteiger partial charge on any atom is 0.251 e. The molecule has 4 saturated carbocycles. The van der Waals surface area contributed by atoms with E-state index in [9.17, 15) is 9.59 Å². The summed E-state index contributed by atoms with van der Waals surface area (Å²) in [4.78, 5) is 34.3. The predicted molar refractivity (Wildman–Crippen MR) is 156 cm³/mol. The quantitative estimate of drug-likeness (QED) is 0.273. The topological polar surface area (TPSA) is 86.9 Å². The number of carbonyl (C=O) groups excluding carboxylic acids is 2. The normalized spacial score (nSPS) is 25.6. The molecule has 4 bridgehead atoms. The number of benzene rings is 2. The van der Waals surface area contributed by atoms with Gasteiger partial charge in [-0.25, -0.2) is 0 Å². The van der Waals surface area contributed by atoms with E-state index in [1.54, 1.807) is 12.4 Å². The minimum atomic E-state index is -0.716. The molecule has 3 N–H and O–H groups in total. The van der Waals surface area contributed by atoms with Crippen molar-refractivity contribution in [3.05, 3.63) is 102 Å². The standard InChI is InChI=1S/C34H36N4O2/c39-32(26-7-9-28(10-8-26)34-16-23-12-24(17-34)14-25(13-23)18-34)38-31(33(40)37-20-22-4-3-11-35-19-22)15-27-21-36-30-6-2-1-5-29(27)30/h1-11,19,21,23-25,31,36H,12-18,20H2,(H,37,40)(H,38,39)/t23?,24?,25?,31-,34?/m1/s1. The lowest BCUT2D eigenvalue weighted by molar-refractivity contribution is -0.123. The highest BCUT2D eigenvalue weighted by Crippen LogP contribution is 2.60. The lowest BCUT2D eigenvalue weighted by Gasteiger charge is -2.57. The Kier molecular flexibility index (Phi) is 6.41. The third-order valence-corrected chi connectivity index (χ3v) is 9.71. The molecule has 0 radical (unpaired) electrons. The number of aromatic nitrogens is 2. The Morgan fingerprint density at radius 3 is 2.35 bits per heavy atom. The van der Waals surface area contributed by atoms with E-state index in [1.807, 2.05) is 54.7 Å². The maximum absolute atomic E-state index is 13.5. The molecule has 8 rings (SSSR count). The van der Waals surface area contributed by atoms with E-state index in [0.717, 1.165) is 39.8 Å². The molecule has 2 amide bonds. The molecule has 6 heteroatoms. The summed E-state index contributed by atoms with van der Waals surface area (Å²) in [6.45, 7) is 0.354. The zero-order chi connectivity index (χ0) is 27.1. The summed E-state index contributed by atoms with van der Waals surface area (Å²) in [7, 11) is 0. The molecule has 4 aliphatic carbocycles. The first-order chi connectivity index (χ1) is 19.5. The lowest BCUT2D eigenvalue weighted by Crippen LogP contribution is -2.48. The van der Waals surface area contributed by atoms with Crippen LogP contribution in [0.4, 0.5) is 0 Å². The van der Waals surface area contributed by atoms with Crippen LogP contribution in [-0.4, -0.2) is 27.8 Å². The summed E-state index contributed by atoms with van der Waals surface area (Å²) >= 11 is 0. The fourth-order valence-corrected chi connectivity index (χ4v) is 8.23. The Balaban J connectivity index is 1.09. The first-order valence-corrected chi connectivity index (χ1v) is 14.7. The average Bonchev–Trinajstić information content (AvgIpc) is 3.38. The average molecular weight is 533 g/mol. The Bertz CT molecular complexity index is 1490. The van der Waals surface area contributed by atoms with Gasteiger partial charge in [-0.15, -0.1) is 0 Å². The van der Waals surface area contributed by atoms with Gasteiger partial charge in [-0.05, 0) is 103 Å². The third-order valence-electron chi connectivity index (χ3n) is 9.71. The first kappa shape index (κ1) is 25.1. The molecular weight excluding hydrogens is 496 g/mol. The maximum atomic E-state index is 13.5. The van der Waals surface area contributed by atoms with Crippen molar-refractivity contribution >= 4 is 22.7 Å². The number of hydrogen-bond donors (Lipinski definition) is 3. The zero-order valence-electron chi connectivity index (χ0n) is 22.7. The van der Waals surface area contributed by atoms with E-state index >= 15 is 0 Å². The number of para-hydroxylation sites is 1. The molecule has 0 spiro atoms. The second kappa shape index (κ2) is 10.2. The molecule has 2 aromatic carbocycles. The Hall–Kier alpha value is -3.93. The SMILES string of the molecule is O=C(N[C@H](Cc1c[nH]c2ccccc12)C(=O)NCc1cccnc1)c1ccc(C23CC4CC(CC(C4)C2)C3)cc1. The Morgan fingerprint density at radius 1 is 0.925 bits per heavy atom. The van der Waals surface area contributed by atoms with Crippen molar-refractivity contribution < 1.29 is 9.59 Å². The van der Waals surface area contributed by atoms with Crippen molar-refractivity contribution in [3.63, 3.8) is 0 Å². The molecule has 2 heterocycles. The molecular formula is C34H36N4O2. The number of rotatable bonds is 8. The first-order valence-electron chi connectivity index (χ1n) is 14.7. The van der Waals surface area contributed by atoms with E-state index in [-0.39, 0.29) is 11.8 Å². The smallest absolute Gasteiger partial charge is 0.251 e. The minimum Gasteiger partial charge on any atom is -0.361 e. The van der Waals surface area contributed by atoms with Crippen LogP contribution >= 0.6 is 0 Å². The van der Waals surface area contributed by atoms with Gasteiger partial charge in [0.05, 0.1) is 0 Å². The number of fused-ring (bicyclic) bond motifs is 1. The summed E-state index contributed by atoms with van der Waals surface area (Å²) in [6, 6.07) is 19.3. The third kappa shape index (κ3) is 4.80. The molecule has 2 aromatic heterocycles. The molecule has 204 valence electrons. The highest BCUT2D eigenvalue weighted by molar-refractivity contribution is 5.98. The van der Waals surface area contributed by atoms with E-state index in [1.165, 1.54) is 44.1 Å². The highest BCUT2D eigenvalue weighted by atomic mass is 16.2. The number of H-pyrrole nitrogens is 1. The van der Waals surface area contributed by atoms with Gasteiger partial charge in [0.25, 0.3) is 5.91 Å². The number of nitrogens with zero attached hydrogens (tertiary/aromatic N) is 1. The van der Waals surface area contributed by atoms with Gasteiger partial charge in [-0.1, -0.05) is 36.4 Å².